The van der Waals surface area contributed by atoms with Gasteiger partial charge >= 0.3 is 0 Å². The SMILES string of the molecule is CC(C)(C)c1nc(C(O)C2(C#N)CC3CCC2C3)cs1. The lowest BCUT2D eigenvalue weighted by atomic mass is 9.69. The molecule has 1 aromatic rings. The van der Waals surface area contributed by atoms with Crippen LogP contribution in [0.1, 0.15) is 63.3 Å². The minimum absolute atomic E-state index is 0.00285. The maximum atomic E-state index is 10.8. The zero-order valence-corrected chi connectivity index (χ0v) is 13.2. The summed E-state index contributed by atoms with van der Waals surface area (Å²) < 4.78 is 0. The highest BCUT2D eigenvalue weighted by atomic mass is 32.1. The molecule has 0 saturated heterocycles. The van der Waals surface area contributed by atoms with Crippen LogP contribution in [-0.4, -0.2) is 10.1 Å². The Labute approximate surface area is 124 Å². The average molecular weight is 290 g/mol. The van der Waals surface area contributed by atoms with Crippen LogP contribution in [0.5, 0.6) is 0 Å². The van der Waals surface area contributed by atoms with Crippen LogP contribution in [0.4, 0.5) is 0 Å². The third kappa shape index (κ3) is 1.99. The molecule has 1 aromatic heterocycles. The summed E-state index contributed by atoms with van der Waals surface area (Å²) in [5, 5.41) is 23.5. The fraction of sp³-hybridized carbons (Fsp3) is 0.750. The van der Waals surface area contributed by atoms with Crippen LogP contribution in [0.25, 0.3) is 0 Å². The molecule has 3 nitrogen and oxygen atoms in total. The van der Waals surface area contributed by atoms with Crippen LogP contribution in [-0.2, 0) is 5.41 Å². The van der Waals surface area contributed by atoms with Gasteiger partial charge in [0.1, 0.15) is 6.10 Å². The van der Waals surface area contributed by atoms with Crippen molar-refractivity contribution in [3.63, 3.8) is 0 Å². The first-order valence-electron chi connectivity index (χ1n) is 7.42. The number of thiazole rings is 1. The van der Waals surface area contributed by atoms with Crippen molar-refractivity contribution in [2.75, 3.05) is 0 Å². The highest BCUT2D eigenvalue weighted by Crippen LogP contribution is 2.60. The largest absolute Gasteiger partial charge is 0.385 e. The van der Waals surface area contributed by atoms with Gasteiger partial charge < -0.3 is 5.11 Å². The molecule has 1 heterocycles. The zero-order chi connectivity index (χ0) is 14.5. The molecular formula is C16H22N2OS. The molecule has 0 spiro atoms. The molecule has 108 valence electrons. The van der Waals surface area contributed by atoms with Gasteiger partial charge in [0.15, 0.2) is 0 Å². The van der Waals surface area contributed by atoms with Crippen molar-refractivity contribution in [3.05, 3.63) is 16.1 Å². The minimum Gasteiger partial charge on any atom is -0.385 e. The monoisotopic (exact) mass is 290 g/mol. The Morgan fingerprint density at radius 1 is 1.50 bits per heavy atom. The Balaban J connectivity index is 1.90. The number of aliphatic hydroxyl groups is 1. The standard InChI is InChI=1S/C16H22N2OS/c1-15(2,3)14-18-12(8-20-14)13(19)16(9-17)7-10-4-5-11(16)6-10/h8,10-11,13,19H,4-7H2,1-3H3. The Hall–Kier alpha value is -0.920. The molecule has 2 fully saturated rings. The van der Waals surface area contributed by atoms with Gasteiger partial charge in [-0.25, -0.2) is 4.98 Å². The molecule has 0 radical (unpaired) electrons. The smallest absolute Gasteiger partial charge is 0.116 e. The normalized spacial score (nSPS) is 34.1. The second-order valence-corrected chi connectivity index (χ2v) is 8.32. The number of aromatic nitrogens is 1. The van der Waals surface area contributed by atoms with E-state index in [1.54, 1.807) is 11.3 Å². The first-order valence-corrected chi connectivity index (χ1v) is 8.30. The number of rotatable bonds is 2. The first-order chi connectivity index (χ1) is 9.37. The van der Waals surface area contributed by atoms with E-state index < -0.39 is 11.5 Å². The Morgan fingerprint density at radius 3 is 2.70 bits per heavy atom. The van der Waals surface area contributed by atoms with Gasteiger partial charge in [0.2, 0.25) is 0 Å². The van der Waals surface area contributed by atoms with Gasteiger partial charge in [0.05, 0.1) is 22.2 Å². The lowest BCUT2D eigenvalue weighted by Crippen LogP contribution is -2.33. The van der Waals surface area contributed by atoms with Crippen molar-refractivity contribution in [1.82, 2.24) is 4.98 Å². The summed E-state index contributed by atoms with van der Waals surface area (Å²) in [4.78, 5) is 4.62. The molecule has 0 amide bonds. The van der Waals surface area contributed by atoms with Gasteiger partial charge in [-0.15, -0.1) is 11.3 Å². The van der Waals surface area contributed by atoms with Gasteiger partial charge in [-0.3, -0.25) is 0 Å². The average Bonchev–Trinajstić information content (AvgIpc) is 3.11. The molecule has 4 unspecified atom stereocenters. The van der Waals surface area contributed by atoms with E-state index in [1.807, 2.05) is 5.38 Å². The summed E-state index contributed by atoms with van der Waals surface area (Å²) in [6.07, 6.45) is 3.55. The van der Waals surface area contributed by atoms with Crippen molar-refractivity contribution in [2.24, 2.45) is 17.3 Å². The van der Waals surface area contributed by atoms with Gasteiger partial charge in [-0.2, -0.15) is 5.26 Å². The zero-order valence-electron chi connectivity index (χ0n) is 12.4. The van der Waals surface area contributed by atoms with E-state index in [0.29, 0.717) is 17.5 Å². The van der Waals surface area contributed by atoms with E-state index in [2.05, 4.69) is 31.8 Å². The van der Waals surface area contributed by atoms with Crippen molar-refractivity contribution >= 4 is 11.3 Å². The summed E-state index contributed by atoms with van der Waals surface area (Å²) in [6, 6.07) is 2.47. The van der Waals surface area contributed by atoms with Gasteiger partial charge in [0.25, 0.3) is 0 Å². The highest BCUT2D eigenvalue weighted by Gasteiger charge is 2.56. The molecule has 2 aliphatic carbocycles. The van der Waals surface area contributed by atoms with Gasteiger partial charge in [-0.05, 0) is 31.1 Å². The molecule has 2 saturated carbocycles. The number of nitriles is 1. The maximum Gasteiger partial charge on any atom is 0.116 e. The van der Waals surface area contributed by atoms with Gasteiger partial charge in [-0.1, -0.05) is 27.2 Å². The van der Waals surface area contributed by atoms with Gasteiger partial charge in [0, 0.05) is 10.8 Å². The lowest BCUT2D eigenvalue weighted by Gasteiger charge is -2.34. The molecule has 3 rings (SSSR count). The van der Waals surface area contributed by atoms with Crippen LogP contribution < -0.4 is 0 Å². The summed E-state index contributed by atoms with van der Waals surface area (Å²) in [7, 11) is 0. The van der Waals surface area contributed by atoms with E-state index in [1.165, 1.54) is 6.42 Å². The fourth-order valence-corrected chi connectivity index (χ4v) is 4.85. The molecule has 2 aliphatic rings. The van der Waals surface area contributed by atoms with E-state index >= 15 is 0 Å². The molecule has 20 heavy (non-hydrogen) atoms. The number of nitrogens with zero attached hydrogens (tertiary/aromatic N) is 2. The molecule has 1 N–H and O–H groups in total. The van der Waals surface area contributed by atoms with Crippen LogP contribution in [0.3, 0.4) is 0 Å². The maximum absolute atomic E-state index is 10.8. The molecule has 4 atom stereocenters. The summed E-state index contributed by atoms with van der Waals surface area (Å²) in [6.45, 7) is 6.37. The Kier molecular flexibility index (Phi) is 3.19. The highest BCUT2D eigenvalue weighted by molar-refractivity contribution is 7.09. The topological polar surface area (TPSA) is 56.9 Å². The third-order valence-corrected chi connectivity index (χ3v) is 6.32. The third-order valence-electron chi connectivity index (χ3n) is 5.04. The van der Waals surface area contributed by atoms with Crippen LogP contribution in [0.2, 0.25) is 0 Å². The lowest BCUT2D eigenvalue weighted by molar-refractivity contribution is 0.0205. The number of hydrogen-bond acceptors (Lipinski definition) is 4. The summed E-state index contributed by atoms with van der Waals surface area (Å²) in [5.41, 5.74) is 0.109. The summed E-state index contributed by atoms with van der Waals surface area (Å²) >= 11 is 1.59. The Morgan fingerprint density at radius 2 is 2.25 bits per heavy atom. The van der Waals surface area contributed by atoms with E-state index in [9.17, 15) is 10.4 Å². The van der Waals surface area contributed by atoms with Crippen LogP contribution >= 0.6 is 11.3 Å². The van der Waals surface area contributed by atoms with E-state index in [4.69, 9.17) is 0 Å². The number of fused-ring (bicyclic) bond motifs is 2. The van der Waals surface area contributed by atoms with E-state index in [-0.39, 0.29) is 5.41 Å². The fourth-order valence-electron chi connectivity index (χ4n) is 3.93. The quantitative estimate of drug-likeness (QED) is 0.901. The number of hydrogen-bond donors (Lipinski definition) is 1. The predicted octanol–water partition coefficient (Wildman–Crippen LogP) is 3.80. The predicted molar refractivity (Wildman–Crippen MR) is 79.3 cm³/mol. The molecular weight excluding hydrogens is 268 g/mol. The van der Waals surface area contributed by atoms with Crippen molar-refractivity contribution in [3.8, 4) is 6.07 Å². The first kappa shape index (κ1) is 14.0. The number of aliphatic hydroxyl groups excluding tert-OH is 1. The molecule has 4 heteroatoms. The van der Waals surface area contributed by atoms with Crippen LogP contribution in [0.15, 0.2) is 5.38 Å². The van der Waals surface area contributed by atoms with E-state index in [0.717, 1.165) is 24.3 Å². The molecule has 2 bridgehead atoms. The summed E-state index contributed by atoms with van der Waals surface area (Å²) in [5.74, 6) is 0.988. The van der Waals surface area contributed by atoms with Crippen molar-refractivity contribution in [2.45, 2.75) is 58.0 Å². The second kappa shape index (κ2) is 4.54. The second-order valence-electron chi connectivity index (χ2n) is 7.46. The Bertz CT molecular complexity index is 554. The van der Waals surface area contributed by atoms with Crippen molar-refractivity contribution in [1.29, 1.82) is 5.26 Å². The van der Waals surface area contributed by atoms with Crippen molar-refractivity contribution < 1.29 is 5.11 Å². The minimum atomic E-state index is -0.727. The molecule has 0 aromatic carbocycles. The molecule has 0 aliphatic heterocycles. The van der Waals surface area contributed by atoms with Crippen LogP contribution in [0, 0.1) is 28.6 Å².